The molecule has 6 nitrogen and oxygen atoms in total. The van der Waals surface area contributed by atoms with Gasteiger partial charge in [-0.25, -0.2) is 4.98 Å². The summed E-state index contributed by atoms with van der Waals surface area (Å²) in [5.41, 5.74) is 2.20. The molecular weight excluding hydrogens is 386 g/mol. The van der Waals surface area contributed by atoms with Crippen LogP contribution in [0.25, 0.3) is 0 Å². The molecule has 1 aromatic carbocycles. The second-order valence-electron chi connectivity index (χ2n) is 5.44. The lowest BCUT2D eigenvalue weighted by Gasteiger charge is -2.08. The zero-order valence-corrected chi connectivity index (χ0v) is 15.3. The van der Waals surface area contributed by atoms with Crippen molar-refractivity contribution in [1.82, 2.24) is 10.1 Å². The van der Waals surface area contributed by atoms with Crippen LogP contribution in [0.3, 0.4) is 0 Å². The van der Waals surface area contributed by atoms with Crippen LogP contribution in [0.15, 0.2) is 51.6 Å². The van der Waals surface area contributed by atoms with Gasteiger partial charge in [-0.1, -0.05) is 11.2 Å². The number of amides is 1. The van der Waals surface area contributed by atoms with Gasteiger partial charge < -0.3 is 14.6 Å². The maximum absolute atomic E-state index is 12.3. The first-order valence-corrected chi connectivity index (χ1v) is 8.40. The van der Waals surface area contributed by atoms with Gasteiger partial charge in [0, 0.05) is 16.2 Å². The highest BCUT2D eigenvalue weighted by molar-refractivity contribution is 9.10. The van der Waals surface area contributed by atoms with Crippen molar-refractivity contribution in [3.63, 3.8) is 0 Å². The van der Waals surface area contributed by atoms with E-state index in [0.717, 1.165) is 21.5 Å². The Labute approximate surface area is 153 Å². The monoisotopic (exact) mass is 401 g/mol. The zero-order valence-electron chi connectivity index (χ0n) is 13.7. The lowest BCUT2D eigenvalue weighted by Crippen LogP contribution is -2.13. The average Bonchev–Trinajstić information content (AvgIpc) is 2.93. The molecule has 2 heterocycles. The third-order valence-corrected chi connectivity index (χ3v) is 4.10. The summed E-state index contributed by atoms with van der Waals surface area (Å²) >= 11 is 3.31. The van der Waals surface area contributed by atoms with E-state index in [1.165, 1.54) is 0 Å². The number of anilines is 1. The number of nitrogens with one attached hydrogen (secondary N) is 1. The Morgan fingerprint density at radius 2 is 2.12 bits per heavy atom. The lowest BCUT2D eigenvalue weighted by molar-refractivity contribution is 0.102. The molecule has 0 spiro atoms. The number of hydrogen-bond acceptors (Lipinski definition) is 5. The van der Waals surface area contributed by atoms with Crippen molar-refractivity contribution < 1.29 is 14.1 Å². The molecule has 0 bridgehead atoms. The molecule has 2 aromatic heterocycles. The van der Waals surface area contributed by atoms with Gasteiger partial charge >= 0.3 is 0 Å². The van der Waals surface area contributed by atoms with Crippen LogP contribution in [0.5, 0.6) is 5.75 Å². The Balaban J connectivity index is 1.68. The highest BCUT2D eigenvalue weighted by atomic mass is 79.9. The van der Waals surface area contributed by atoms with E-state index in [2.05, 4.69) is 31.4 Å². The van der Waals surface area contributed by atoms with Crippen LogP contribution in [0.4, 0.5) is 5.82 Å². The van der Waals surface area contributed by atoms with Gasteiger partial charge in [0.2, 0.25) is 0 Å². The molecule has 0 aliphatic carbocycles. The SMILES string of the molecule is Cc1noc(C)c1COc1cccc(C(=O)Nc2ccc(Br)cn2)c1. The molecule has 128 valence electrons. The van der Waals surface area contributed by atoms with Crippen molar-refractivity contribution in [3.05, 3.63) is 69.6 Å². The van der Waals surface area contributed by atoms with E-state index in [-0.39, 0.29) is 5.91 Å². The molecule has 1 N–H and O–H groups in total. The molecule has 3 rings (SSSR count). The Bertz CT molecular complexity index is 871. The molecule has 0 saturated heterocycles. The maximum Gasteiger partial charge on any atom is 0.256 e. The summed E-state index contributed by atoms with van der Waals surface area (Å²) in [6.07, 6.45) is 1.62. The van der Waals surface area contributed by atoms with Crippen molar-refractivity contribution in [3.8, 4) is 5.75 Å². The second-order valence-corrected chi connectivity index (χ2v) is 6.35. The molecule has 1 amide bonds. The number of halogens is 1. The predicted octanol–water partition coefficient (Wildman–Crippen LogP) is 4.28. The first-order valence-electron chi connectivity index (χ1n) is 7.60. The van der Waals surface area contributed by atoms with E-state index < -0.39 is 0 Å². The number of carbonyl (C=O) groups is 1. The summed E-state index contributed by atoms with van der Waals surface area (Å²) in [6, 6.07) is 10.5. The number of ether oxygens (including phenoxy) is 1. The van der Waals surface area contributed by atoms with E-state index in [9.17, 15) is 4.79 Å². The molecule has 0 fully saturated rings. The summed E-state index contributed by atoms with van der Waals surface area (Å²) in [6.45, 7) is 4.04. The number of nitrogens with zero attached hydrogens (tertiary/aromatic N) is 2. The van der Waals surface area contributed by atoms with Crippen molar-refractivity contribution in [2.75, 3.05) is 5.32 Å². The van der Waals surface area contributed by atoms with Gasteiger partial charge in [-0.3, -0.25) is 4.79 Å². The third-order valence-electron chi connectivity index (χ3n) is 3.63. The third kappa shape index (κ3) is 4.24. The van der Waals surface area contributed by atoms with E-state index in [0.29, 0.717) is 23.7 Å². The van der Waals surface area contributed by atoms with Crippen molar-refractivity contribution in [2.24, 2.45) is 0 Å². The highest BCUT2D eigenvalue weighted by Gasteiger charge is 2.11. The topological polar surface area (TPSA) is 77.2 Å². The van der Waals surface area contributed by atoms with Gasteiger partial charge in [-0.15, -0.1) is 0 Å². The predicted molar refractivity (Wildman–Crippen MR) is 96.6 cm³/mol. The number of benzene rings is 1. The fourth-order valence-corrected chi connectivity index (χ4v) is 2.46. The van der Waals surface area contributed by atoms with Crippen molar-refractivity contribution >= 4 is 27.7 Å². The second kappa shape index (κ2) is 7.48. The fraction of sp³-hybridized carbons (Fsp3) is 0.167. The van der Waals surface area contributed by atoms with E-state index in [4.69, 9.17) is 9.26 Å². The van der Waals surface area contributed by atoms with Gasteiger partial charge in [-0.2, -0.15) is 0 Å². The van der Waals surface area contributed by atoms with Crippen LogP contribution in [0.2, 0.25) is 0 Å². The average molecular weight is 402 g/mol. The van der Waals surface area contributed by atoms with Crippen LogP contribution in [-0.4, -0.2) is 16.0 Å². The Hall–Kier alpha value is -2.67. The minimum atomic E-state index is -0.252. The molecule has 0 radical (unpaired) electrons. The van der Waals surface area contributed by atoms with E-state index in [1.807, 2.05) is 19.9 Å². The molecule has 0 unspecified atom stereocenters. The number of rotatable bonds is 5. The Morgan fingerprint density at radius 3 is 2.80 bits per heavy atom. The summed E-state index contributed by atoms with van der Waals surface area (Å²) in [5, 5.41) is 6.65. The van der Waals surface area contributed by atoms with E-state index >= 15 is 0 Å². The molecule has 0 aliphatic rings. The normalized spacial score (nSPS) is 10.5. The summed E-state index contributed by atoms with van der Waals surface area (Å²) < 4.78 is 11.7. The zero-order chi connectivity index (χ0) is 17.8. The summed E-state index contributed by atoms with van der Waals surface area (Å²) in [7, 11) is 0. The summed E-state index contributed by atoms with van der Waals surface area (Å²) in [5.74, 6) is 1.55. The van der Waals surface area contributed by atoms with Crippen LogP contribution in [0, 0.1) is 13.8 Å². The number of carbonyl (C=O) groups excluding carboxylic acids is 1. The first-order chi connectivity index (χ1) is 12.0. The molecule has 25 heavy (non-hydrogen) atoms. The number of aryl methyl sites for hydroxylation is 2. The molecule has 0 saturated carbocycles. The van der Waals surface area contributed by atoms with Crippen LogP contribution < -0.4 is 10.1 Å². The van der Waals surface area contributed by atoms with Gasteiger partial charge in [0.25, 0.3) is 5.91 Å². The van der Waals surface area contributed by atoms with Crippen LogP contribution in [0.1, 0.15) is 27.4 Å². The summed E-state index contributed by atoms with van der Waals surface area (Å²) in [4.78, 5) is 16.5. The lowest BCUT2D eigenvalue weighted by atomic mass is 10.2. The Morgan fingerprint density at radius 1 is 1.28 bits per heavy atom. The quantitative estimate of drug-likeness (QED) is 0.690. The largest absolute Gasteiger partial charge is 0.489 e. The molecule has 0 aliphatic heterocycles. The minimum absolute atomic E-state index is 0.252. The van der Waals surface area contributed by atoms with Crippen LogP contribution in [-0.2, 0) is 6.61 Å². The maximum atomic E-state index is 12.3. The van der Waals surface area contributed by atoms with Crippen LogP contribution >= 0.6 is 15.9 Å². The standard InChI is InChI=1S/C18H16BrN3O3/c1-11-16(12(2)25-22-11)10-24-15-5-3-4-13(8-15)18(23)21-17-7-6-14(19)9-20-17/h3-9H,10H2,1-2H3,(H,20,21,23). The van der Waals surface area contributed by atoms with Gasteiger partial charge in [-0.05, 0) is 60.1 Å². The highest BCUT2D eigenvalue weighted by Crippen LogP contribution is 2.19. The number of pyridine rings is 1. The van der Waals surface area contributed by atoms with E-state index in [1.54, 1.807) is 36.5 Å². The first kappa shape index (κ1) is 17.2. The molecular formula is C18H16BrN3O3. The Kier molecular flexibility index (Phi) is 5.14. The minimum Gasteiger partial charge on any atom is -0.489 e. The van der Waals surface area contributed by atoms with Crippen molar-refractivity contribution in [1.29, 1.82) is 0 Å². The van der Waals surface area contributed by atoms with Gasteiger partial charge in [0.05, 0.1) is 11.3 Å². The smallest absolute Gasteiger partial charge is 0.256 e. The van der Waals surface area contributed by atoms with Gasteiger partial charge in [0.15, 0.2) is 0 Å². The van der Waals surface area contributed by atoms with Crippen molar-refractivity contribution in [2.45, 2.75) is 20.5 Å². The number of aromatic nitrogens is 2. The fourth-order valence-electron chi connectivity index (χ4n) is 2.23. The molecule has 0 atom stereocenters. The molecule has 7 heteroatoms. The van der Waals surface area contributed by atoms with Gasteiger partial charge in [0.1, 0.15) is 23.9 Å². The molecule has 3 aromatic rings. The number of hydrogen-bond donors (Lipinski definition) is 1.